The van der Waals surface area contributed by atoms with Crippen LogP contribution in [0.5, 0.6) is 0 Å². The first-order valence-corrected chi connectivity index (χ1v) is 19.3. The molecule has 3 aliphatic rings. The second-order valence-electron chi connectivity index (χ2n) is 14.3. The molecule has 3 fully saturated rings. The van der Waals surface area contributed by atoms with E-state index in [2.05, 4.69) is 34.4 Å². The van der Waals surface area contributed by atoms with Crippen LogP contribution in [-0.4, -0.2) is 82.0 Å². The van der Waals surface area contributed by atoms with Crippen LogP contribution in [0, 0.1) is 25.7 Å². The zero-order chi connectivity index (χ0) is 37.6. The third kappa shape index (κ3) is 7.77. The topological polar surface area (TPSA) is 125 Å². The molecule has 11 heteroatoms. The van der Waals surface area contributed by atoms with Crippen LogP contribution in [0.15, 0.2) is 73.8 Å². The largest absolute Gasteiger partial charge is 0.455 e. The van der Waals surface area contributed by atoms with Crippen molar-refractivity contribution < 1.29 is 33.8 Å². The van der Waals surface area contributed by atoms with E-state index >= 15 is 4.79 Å². The number of benzene rings is 2. The Labute approximate surface area is 315 Å². The lowest BCUT2D eigenvalue weighted by Crippen LogP contribution is -2.57. The molecule has 0 radical (unpaired) electrons. The highest BCUT2D eigenvalue weighted by Gasteiger charge is 2.77. The summed E-state index contributed by atoms with van der Waals surface area (Å²) in [6.07, 6.45) is 5.77. The van der Waals surface area contributed by atoms with Gasteiger partial charge in [0.1, 0.15) is 17.7 Å². The van der Waals surface area contributed by atoms with Crippen molar-refractivity contribution >= 4 is 45.3 Å². The van der Waals surface area contributed by atoms with Gasteiger partial charge in [0.25, 0.3) is 5.91 Å². The average Bonchev–Trinajstić information content (AvgIpc) is 3.72. The molecule has 3 heterocycles. The number of alkyl halides is 1. The lowest BCUT2D eigenvalue weighted by atomic mass is 9.70. The Bertz CT molecular complexity index is 1610. The molecule has 1 unspecified atom stereocenters. The first kappa shape index (κ1) is 39.4. The van der Waals surface area contributed by atoms with Crippen molar-refractivity contribution in [3.8, 4) is 0 Å². The Morgan fingerprint density at radius 3 is 2.42 bits per heavy atom. The zero-order valence-corrected chi connectivity index (χ0v) is 32.1. The van der Waals surface area contributed by atoms with Crippen LogP contribution in [0.25, 0.3) is 0 Å². The van der Waals surface area contributed by atoms with Gasteiger partial charge in [0.15, 0.2) is 0 Å². The number of fused-ring (bicyclic) bond motifs is 1. The van der Waals surface area contributed by atoms with Crippen molar-refractivity contribution in [2.24, 2.45) is 11.8 Å². The molecule has 0 aliphatic carbocycles. The molecule has 8 atom stereocenters. The summed E-state index contributed by atoms with van der Waals surface area (Å²) in [5.41, 5.74) is 2.02. The second-order valence-corrected chi connectivity index (χ2v) is 15.4. The maximum absolute atomic E-state index is 15.1. The van der Waals surface area contributed by atoms with Gasteiger partial charge in [0.05, 0.1) is 24.0 Å². The van der Waals surface area contributed by atoms with E-state index in [0.29, 0.717) is 37.8 Å². The highest BCUT2D eigenvalue weighted by atomic mass is 79.9. The van der Waals surface area contributed by atoms with E-state index < -0.39 is 47.7 Å². The monoisotopic (exact) mass is 777 g/mol. The van der Waals surface area contributed by atoms with Gasteiger partial charge in [-0.1, -0.05) is 89.5 Å². The lowest BCUT2D eigenvalue weighted by Gasteiger charge is -2.38. The van der Waals surface area contributed by atoms with Gasteiger partial charge in [-0.05, 0) is 63.1 Å². The maximum Gasteiger partial charge on any atom is 0.313 e. The Hall–Kier alpha value is -3.80. The van der Waals surface area contributed by atoms with Gasteiger partial charge in [-0.25, -0.2) is 0 Å². The van der Waals surface area contributed by atoms with Crippen molar-refractivity contribution in [2.75, 3.05) is 24.6 Å². The van der Waals surface area contributed by atoms with Crippen LogP contribution >= 0.6 is 15.9 Å². The molecule has 3 saturated heterocycles. The summed E-state index contributed by atoms with van der Waals surface area (Å²) in [5, 5.41) is 12.3. The minimum atomic E-state index is -1.27. The Morgan fingerprint density at radius 1 is 1.08 bits per heavy atom. The summed E-state index contributed by atoms with van der Waals surface area (Å²) in [5.74, 6) is -3.31. The van der Waals surface area contributed by atoms with Gasteiger partial charge in [0, 0.05) is 36.6 Å². The number of anilines is 1. The fourth-order valence-electron chi connectivity index (χ4n) is 8.41. The fraction of sp³-hybridized carbons (Fsp3) is 0.512. The van der Waals surface area contributed by atoms with Crippen LogP contribution in [0.2, 0.25) is 0 Å². The number of likely N-dealkylation sites (tertiary alicyclic amines) is 1. The summed E-state index contributed by atoms with van der Waals surface area (Å²) >= 11 is 3.77. The molecule has 5 rings (SSSR count). The minimum absolute atomic E-state index is 0.0913. The van der Waals surface area contributed by atoms with Crippen molar-refractivity contribution in [1.82, 2.24) is 10.2 Å². The van der Waals surface area contributed by atoms with E-state index in [1.807, 2.05) is 62.4 Å². The summed E-state index contributed by atoms with van der Waals surface area (Å²) < 4.78 is 13.1. The van der Waals surface area contributed by atoms with Crippen LogP contribution in [0.3, 0.4) is 0 Å². The van der Waals surface area contributed by atoms with E-state index in [9.17, 15) is 19.5 Å². The minimum Gasteiger partial charge on any atom is -0.455 e. The molecule has 280 valence electrons. The van der Waals surface area contributed by atoms with Crippen LogP contribution in [0.4, 0.5) is 5.69 Å². The van der Waals surface area contributed by atoms with Crippen LogP contribution in [-0.2, 0) is 28.7 Å². The molecule has 2 bridgehead atoms. The van der Waals surface area contributed by atoms with Gasteiger partial charge in [-0.3, -0.25) is 19.2 Å². The number of nitrogens with zero attached hydrogens (tertiary/aromatic N) is 2. The lowest BCUT2D eigenvalue weighted by molar-refractivity contribution is -0.162. The van der Waals surface area contributed by atoms with Crippen LogP contribution in [0.1, 0.15) is 74.7 Å². The number of nitrogens with one attached hydrogen (secondary N) is 1. The van der Waals surface area contributed by atoms with E-state index in [0.717, 1.165) is 29.7 Å². The van der Waals surface area contributed by atoms with E-state index in [-0.39, 0.29) is 42.1 Å². The highest BCUT2D eigenvalue weighted by Crippen LogP contribution is 2.60. The number of amides is 3. The molecule has 10 nitrogen and oxygen atoms in total. The fourth-order valence-corrected chi connectivity index (χ4v) is 9.35. The first-order valence-electron chi connectivity index (χ1n) is 18.4. The Balaban J connectivity index is 1.51. The number of para-hydroxylation sites is 1. The van der Waals surface area contributed by atoms with Crippen LogP contribution < -0.4 is 10.2 Å². The van der Waals surface area contributed by atoms with E-state index in [1.165, 1.54) is 0 Å². The van der Waals surface area contributed by atoms with E-state index in [4.69, 9.17) is 9.47 Å². The molecule has 1 spiro atoms. The molecule has 2 N–H and O–H groups in total. The highest BCUT2D eigenvalue weighted by molar-refractivity contribution is 9.09. The van der Waals surface area contributed by atoms with Crippen molar-refractivity contribution in [1.29, 1.82) is 0 Å². The molecule has 0 aromatic heterocycles. The maximum atomic E-state index is 15.1. The van der Waals surface area contributed by atoms with Gasteiger partial charge in [0.2, 0.25) is 11.8 Å². The number of unbranched alkanes of at least 4 members (excludes halogenated alkanes) is 3. The van der Waals surface area contributed by atoms with Gasteiger partial charge < -0.3 is 29.7 Å². The number of esters is 1. The van der Waals surface area contributed by atoms with Crippen molar-refractivity contribution in [3.05, 3.63) is 90.5 Å². The SMILES string of the molecule is C=CCCC(=O)N[C@H](C)[C@@H](OC(=O)[C@H]1[C@@H]2O[C@@]3(CC2Br)[C@@H]1C(=O)N(CCCCCCO)[C@@H]3C(=O)N(CC=C)c1c(C)cccc1C)c1ccccc1. The summed E-state index contributed by atoms with van der Waals surface area (Å²) in [6.45, 7) is 13.9. The molecular formula is C41H52BrN3O7. The molecule has 3 amide bonds. The predicted octanol–water partition coefficient (Wildman–Crippen LogP) is 5.88. The first-order chi connectivity index (χ1) is 25.0. The van der Waals surface area contributed by atoms with Gasteiger partial charge in [-0.15, -0.1) is 13.2 Å². The standard InChI is InChI=1S/C41H52BrN3O7/c1-6-8-21-31(47)43-28(5)35(29-19-12-11-13-20-29)51-40(50)32-33-38(48)45(23-14-9-10-15-24-46)37(41(33)25-30(42)36(32)52-41)39(49)44(22-7-2)34-26(3)17-16-18-27(34)4/h6-7,11-13,16-20,28,30,32-33,35-37,46H,1-2,8-10,14-15,21-25H2,3-5H3,(H,43,47)/t28-,30?,32-,33+,35-,36-,37-,41+/m1/s1. The molecule has 2 aromatic rings. The van der Waals surface area contributed by atoms with Crippen molar-refractivity contribution in [2.45, 2.75) is 100 Å². The number of allylic oxidation sites excluding steroid dienone is 1. The smallest absolute Gasteiger partial charge is 0.313 e. The summed E-state index contributed by atoms with van der Waals surface area (Å²) in [4.78, 5) is 60.1. The molecule has 3 aliphatic heterocycles. The van der Waals surface area contributed by atoms with Gasteiger partial charge >= 0.3 is 5.97 Å². The van der Waals surface area contributed by atoms with Crippen molar-refractivity contribution in [3.63, 3.8) is 0 Å². The number of ether oxygens (including phenoxy) is 2. The number of aliphatic hydroxyl groups is 1. The number of rotatable bonds is 18. The Kier molecular flexibility index (Phi) is 13.1. The van der Waals surface area contributed by atoms with E-state index in [1.54, 1.807) is 28.9 Å². The molecule has 52 heavy (non-hydrogen) atoms. The normalized spacial score (nSPS) is 25.7. The number of aliphatic hydroxyl groups excluding tert-OH is 1. The van der Waals surface area contributed by atoms with Gasteiger partial charge in [-0.2, -0.15) is 0 Å². The number of halogens is 1. The summed E-state index contributed by atoms with van der Waals surface area (Å²) in [6, 6.07) is 13.5. The number of hydrogen-bond donors (Lipinski definition) is 2. The number of carbonyl (C=O) groups is 4. The third-order valence-electron chi connectivity index (χ3n) is 10.7. The average molecular weight is 779 g/mol. The second kappa shape index (κ2) is 17.4. The zero-order valence-electron chi connectivity index (χ0n) is 30.5. The summed E-state index contributed by atoms with van der Waals surface area (Å²) in [7, 11) is 0. The predicted molar refractivity (Wildman–Crippen MR) is 204 cm³/mol. The third-order valence-corrected chi connectivity index (χ3v) is 11.5. The molecular weight excluding hydrogens is 726 g/mol. The molecule has 2 aromatic carbocycles. The number of hydrogen-bond acceptors (Lipinski definition) is 7. The number of aryl methyl sites for hydroxylation is 2. The quantitative estimate of drug-likeness (QED) is 0.0839. The number of carbonyl (C=O) groups excluding carboxylic acids is 4. The Morgan fingerprint density at radius 2 is 1.77 bits per heavy atom. The molecule has 0 saturated carbocycles.